The van der Waals surface area contributed by atoms with E-state index in [2.05, 4.69) is 324 Å². The molecule has 2 N–H and O–H groups in total. The van der Waals surface area contributed by atoms with Gasteiger partial charge in [0.2, 0.25) is 0 Å². The maximum Gasteiger partial charge on any atom is 0.338 e. The molecule has 2 aromatic heterocycles. The van der Waals surface area contributed by atoms with Gasteiger partial charge in [-0.05, 0) is 126 Å². The molecule has 0 fully saturated rings. The van der Waals surface area contributed by atoms with Crippen molar-refractivity contribution in [1.82, 2.24) is 0 Å². The van der Waals surface area contributed by atoms with Crippen LogP contribution in [0.2, 0.25) is 0 Å². The molecule has 0 aliphatic heterocycles. The number of hydrogen-bond acceptors (Lipinski definition) is 6. The first-order valence-electron chi connectivity index (χ1n) is 32.5. The van der Waals surface area contributed by atoms with E-state index in [1.54, 1.807) is 0 Å². The Balaban J connectivity index is 1.38. The van der Waals surface area contributed by atoms with Crippen LogP contribution in [0.4, 0.5) is 11.4 Å². The average Bonchev–Trinajstić information content (AvgIpc) is 1.38. The fraction of sp³-hybridized carbons (Fsp3) is 0.415. The summed E-state index contributed by atoms with van der Waals surface area (Å²) in [6.45, 7) is 59.8. The van der Waals surface area contributed by atoms with E-state index in [1.807, 2.05) is 0 Å². The van der Waals surface area contributed by atoms with Crippen LogP contribution >= 0.6 is 16.3 Å². The van der Waals surface area contributed by atoms with Crippen molar-refractivity contribution in [2.45, 2.75) is 223 Å². The number of aryl methyl sites for hydroxylation is 2. The first kappa shape index (κ1) is 66.1. The van der Waals surface area contributed by atoms with Crippen molar-refractivity contribution in [2.24, 2.45) is 0 Å². The molecule has 0 radical (unpaired) electrons. The van der Waals surface area contributed by atoms with Gasteiger partial charge in [0.15, 0.2) is 0 Å². The fourth-order valence-corrected chi connectivity index (χ4v) is 14.9. The summed E-state index contributed by atoms with van der Waals surface area (Å²) in [5.74, 6) is 0. The number of anilines is 2. The molecule has 90 heavy (non-hydrogen) atoms. The van der Waals surface area contributed by atoms with Crippen LogP contribution in [0.25, 0.3) is 77.3 Å². The highest BCUT2D eigenvalue weighted by Gasteiger charge is 2.33. The molecule has 0 amide bonds. The Hall–Kier alpha value is -6.84. The van der Waals surface area contributed by atoms with E-state index in [0.717, 1.165) is 122 Å². The third-order valence-corrected chi connectivity index (χ3v) is 20.2. The van der Waals surface area contributed by atoms with Gasteiger partial charge in [-0.15, -0.1) is 0 Å². The Bertz CT molecular complexity index is 4010. The molecule has 8 heteroatoms. The summed E-state index contributed by atoms with van der Waals surface area (Å²) in [6, 6.07) is 49.6. The lowest BCUT2D eigenvalue weighted by Gasteiger charge is -2.27. The molecule has 10 aromatic rings. The van der Waals surface area contributed by atoms with E-state index < -0.39 is 16.3 Å². The number of fused-ring (bicyclic) bond motifs is 6. The summed E-state index contributed by atoms with van der Waals surface area (Å²) in [5.41, 5.74) is 21.4. The van der Waals surface area contributed by atoms with Gasteiger partial charge in [0, 0.05) is 66.1 Å². The van der Waals surface area contributed by atoms with Crippen LogP contribution in [0.15, 0.2) is 150 Å². The van der Waals surface area contributed by atoms with Crippen LogP contribution in [-0.2, 0) is 43.3 Å². The second-order valence-electron chi connectivity index (χ2n) is 33.8. The van der Waals surface area contributed by atoms with Crippen molar-refractivity contribution in [3.8, 4) is 33.4 Å². The maximum atomic E-state index is 7.75. The molecule has 474 valence electrons. The highest BCUT2D eigenvalue weighted by atomic mass is 31.1. The molecule has 0 bridgehead atoms. The Morgan fingerprint density at radius 1 is 0.278 bits per heavy atom. The molecule has 0 spiro atoms. The minimum atomic E-state index is -1.99. The quantitative estimate of drug-likeness (QED) is 0.166. The molecular formula is C82H102N2O4P2. The molecule has 8 aromatic carbocycles. The van der Waals surface area contributed by atoms with E-state index in [4.69, 9.17) is 16.8 Å². The van der Waals surface area contributed by atoms with Crippen LogP contribution in [-0.4, -0.2) is 0 Å². The van der Waals surface area contributed by atoms with Gasteiger partial charge in [-0.3, -0.25) is 10.2 Å². The van der Waals surface area contributed by atoms with Gasteiger partial charge in [-0.1, -0.05) is 275 Å². The lowest BCUT2D eigenvalue weighted by Crippen LogP contribution is -2.17. The summed E-state index contributed by atoms with van der Waals surface area (Å²) < 4.78 is 31.0. The number of nitrogens with one attached hydrogen (secondary N) is 2. The summed E-state index contributed by atoms with van der Waals surface area (Å²) >= 11 is 0. The largest absolute Gasteiger partial charge is 0.404 e. The molecule has 0 aliphatic rings. The summed E-state index contributed by atoms with van der Waals surface area (Å²) in [5, 5.41) is 12.6. The molecule has 0 aliphatic carbocycles. The van der Waals surface area contributed by atoms with Crippen LogP contribution in [0.5, 0.6) is 0 Å². The van der Waals surface area contributed by atoms with Gasteiger partial charge in [-0.2, -0.15) is 0 Å². The van der Waals surface area contributed by atoms with E-state index in [-0.39, 0.29) is 43.3 Å². The third kappa shape index (κ3) is 13.1. The van der Waals surface area contributed by atoms with E-state index in [1.165, 1.54) is 22.3 Å². The summed E-state index contributed by atoms with van der Waals surface area (Å²) in [4.78, 5) is 0. The highest BCUT2D eigenvalue weighted by molar-refractivity contribution is 7.39. The van der Waals surface area contributed by atoms with Gasteiger partial charge in [0.1, 0.15) is 22.3 Å². The van der Waals surface area contributed by atoms with Gasteiger partial charge in [0.05, 0.1) is 11.4 Å². The zero-order valence-electron chi connectivity index (χ0n) is 59.2. The van der Waals surface area contributed by atoms with Gasteiger partial charge in [0.25, 0.3) is 0 Å². The van der Waals surface area contributed by atoms with Crippen LogP contribution in [0.3, 0.4) is 0 Å². The van der Waals surface area contributed by atoms with Crippen LogP contribution < -0.4 is 10.2 Å². The monoisotopic (exact) mass is 1240 g/mol. The first-order chi connectivity index (χ1) is 41.5. The SMILES string of the molecule is Cc1ccc(-c2ccccc2)c(Np2oc3c(C(C)(C)C)cc(C(C)(C)C)cc3c3cc(C(C)(C)C)cc(C(C)(C)C)c3o2)c1-c1c(C)ccc(-c2ccccc2)c1Np1oc2c(C(C)(C)C)cc(C(C)(C)C)cc2c2cc(C(C)(C)C)cc(C(C)(C)C)c2o1. The van der Waals surface area contributed by atoms with Crippen LogP contribution in [0.1, 0.15) is 222 Å². The van der Waals surface area contributed by atoms with Gasteiger partial charge >= 0.3 is 16.3 Å². The predicted molar refractivity (Wildman–Crippen MR) is 393 cm³/mol. The number of benzene rings is 8. The van der Waals surface area contributed by atoms with Crippen molar-refractivity contribution in [3.63, 3.8) is 0 Å². The van der Waals surface area contributed by atoms with Crippen molar-refractivity contribution < 1.29 is 16.8 Å². The van der Waals surface area contributed by atoms with Gasteiger partial charge < -0.3 is 16.8 Å². The topological polar surface area (TPSA) is 76.6 Å². The van der Waals surface area contributed by atoms with Crippen LogP contribution in [0, 0.1) is 13.8 Å². The van der Waals surface area contributed by atoms with E-state index >= 15 is 0 Å². The Labute approximate surface area is 541 Å². The molecule has 10 rings (SSSR count). The zero-order valence-corrected chi connectivity index (χ0v) is 61.0. The Morgan fingerprint density at radius 3 is 0.722 bits per heavy atom. The number of rotatable bonds is 7. The van der Waals surface area contributed by atoms with Crippen molar-refractivity contribution in [1.29, 1.82) is 0 Å². The second-order valence-corrected chi connectivity index (χ2v) is 36.0. The van der Waals surface area contributed by atoms with Crippen molar-refractivity contribution in [2.75, 3.05) is 10.2 Å². The third-order valence-electron chi connectivity index (χ3n) is 18.0. The smallest absolute Gasteiger partial charge is 0.338 e. The van der Waals surface area contributed by atoms with E-state index in [0.29, 0.717) is 0 Å². The standard InChI is InChI=1S/C82H102N2O4P2/c1-49-37-39-57(51-33-29-27-30-34-51)69(83-89-85-71-59(41-53(75(3,4)5)45-63(71)79(15,16)17)60-42-54(76(6,7)8)46-64(72(60)86-89)80(18,19)20)67(49)68-50(2)38-40-58(52-35-31-28-32-36-52)70(68)84-90-87-73-61(43-55(77(9,10)11)47-65(73)81(21,22)23)62-44-56(78(12,13)14)48-66(74(62)88-90)82(24,25)26/h27-48,83-84H,1-26H3. The Kier molecular flexibility index (Phi) is 16.9. The normalized spacial score (nSPS) is 13.2. The lowest BCUT2D eigenvalue weighted by molar-refractivity contribution is 0.555. The minimum Gasteiger partial charge on any atom is -0.404 e. The van der Waals surface area contributed by atoms with Gasteiger partial charge in [-0.25, -0.2) is 0 Å². The maximum absolute atomic E-state index is 7.75. The molecule has 0 saturated carbocycles. The Morgan fingerprint density at radius 2 is 0.511 bits per heavy atom. The first-order valence-corrected chi connectivity index (χ1v) is 34.9. The predicted octanol–water partition coefficient (Wildman–Crippen LogP) is 26.6. The molecule has 6 nitrogen and oxygen atoms in total. The molecular weight excluding hydrogens is 1140 g/mol. The molecule has 0 saturated heterocycles. The average molecular weight is 1240 g/mol. The summed E-state index contributed by atoms with van der Waals surface area (Å²) in [7, 11) is -3.98. The minimum absolute atomic E-state index is 0.144. The number of hydrogen-bond donors (Lipinski definition) is 2. The zero-order chi connectivity index (χ0) is 66.0. The highest BCUT2D eigenvalue weighted by Crippen LogP contribution is 2.54. The molecule has 0 atom stereocenters. The van der Waals surface area contributed by atoms with Crippen molar-refractivity contribution in [3.05, 3.63) is 189 Å². The molecule has 0 unspecified atom stereocenters. The van der Waals surface area contributed by atoms with E-state index in [9.17, 15) is 0 Å². The molecule has 2 heterocycles. The summed E-state index contributed by atoms with van der Waals surface area (Å²) in [6.07, 6.45) is 0. The van der Waals surface area contributed by atoms with Crippen molar-refractivity contribution >= 4 is 71.6 Å². The fourth-order valence-electron chi connectivity index (χ4n) is 12.3. The lowest BCUT2D eigenvalue weighted by atomic mass is 9.77. The second kappa shape index (κ2) is 23.1.